The summed E-state index contributed by atoms with van der Waals surface area (Å²) in [6.45, 7) is 0.975. The number of ether oxygens (including phenoxy) is 3. The Bertz CT molecular complexity index is 585. The Morgan fingerprint density at radius 3 is 2.52 bits per heavy atom. The summed E-state index contributed by atoms with van der Waals surface area (Å²) < 4.78 is 18.2. The van der Waals surface area contributed by atoms with Crippen LogP contribution in [0.1, 0.15) is 11.9 Å². The third-order valence-electron chi connectivity index (χ3n) is 3.14. The number of benzene rings is 2. The fourth-order valence-electron chi connectivity index (χ4n) is 2.05. The molecule has 1 fully saturated rings. The molecule has 110 valence electrons. The molecular weight excluding hydrogens is 356 g/mol. The van der Waals surface area contributed by atoms with E-state index in [1.807, 2.05) is 36.4 Å². The van der Waals surface area contributed by atoms with Crippen LogP contribution in [0.2, 0.25) is 5.02 Å². The molecule has 0 amide bonds. The largest absolute Gasteiger partial charge is 0.491 e. The summed E-state index contributed by atoms with van der Waals surface area (Å²) in [5.74, 6) is 0.773. The second-order valence-corrected chi connectivity index (χ2v) is 6.09. The summed E-state index contributed by atoms with van der Waals surface area (Å²) in [6, 6.07) is 15.2. The molecule has 3 rings (SSSR count). The first-order valence-corrected chi connectivity index (χ1v) is 7.79. The van der Waals surface area contributed by atoms with Crippen molar-refractivity contribution in [2.45, 2.75) is 12.4 Å². The first-order chi connectivity index (χ1) is 10.2. The molecule has 0 saturated carbocycles. The van der Waals surface area contributed by atoms with E-state index >= 15 is 0 Å². The Kier molecular flexibility index (Phi) is 4.80. The Hall–Kier alpha value is -1.07. The van der Waals surface area contributed by atoms with Gasteiger partial charge < -0.3 is 14.2 Å². The molecule has 2 atom stereocenters. The van der Waals surface area contributed by atoms with Crippen LogP contribution in [0.5, 0.6) is 5.75 Å². The van der Waals surface area contributed by atoms with E-state index in [4.69, 9.17) is 25.8 Å². The molecule has 0 bridgehead atoms. The summed E-state index contributed by atoms with van der Waals surface area (Å²) in [5.41, 5.74) is 1.01. The van der Waals surface area contributed by atoms with Crippen molar-refractivity contribution in [1.29, 1.82) is 0 Å². The van der Waals surface area contributed by atoms with Crippen LogP contribution in [0.3, 0.4) is 0 Å². The first-order valence-electron chi connectivity index (χ1n) is 6.61. The van der Waals surface area contributed by atoms with Crippen molar-refractivity contribution in [3.05, 3.63) is 63.6 Å². The topological polar surface area (TPSA) is 27.7 Å². The molecule has 0 N–H and O–H groups in total. The zero-order chi connectivity index (χ0) is 14.7. The maximum atomic E-state index is 5.84. The van der Waals surface area contributed by atoms with Gasteiger partial charge in [-0.05, 0) is 36.4 Å². The van der Waals surface area contributed by atoms with Gasteiger partial charge >= 0.3 is 0 Å². The number of rotatable bonds is 4. The molecule has 5 heteroatoms. The van der Waals surface area contributed by atoms with Gasteiger partial charge in [-0.3, -0.25) is 0 Å². The number of hydrogen-bond acceptors (Lipinski definition) is 3. The van der Waals surface area contributed by atoms with Gasteiger partial charge in [0.05, 0.1) is 6.61 Å². The lowest BCUT2D eigenvalue weighted by atomic mass is 10.2. The van der Waals surface area contributed by atoms with Gasteiger partial charge in [0.2, 0.25) is 0 Å². The third-order valence-corrected chi connectivity index (χ3v) is 3.92. The predicted octanol–water partition coefficient (Wildman–Crippen LogP) is 4.60. The minimum absolute atomic E-state index is 0.0747. The standard InChI is InChI=1S/C16H14BrClO3/c17-12-3-1-11(2-4-12)16-20-10-15(21-16)9-19-14-7-5-13(18)6-8-14/h1-8,15-16H,9-10H2/t15-,16+/m0/s1. The smallest absolute Gasteiger partial charge is 0.184 e. The van der Waals surface area contributed by atoms with Crippen LogP contribution in [-0.4, -0.2) is 19.3 Å². The van der Waals surface area contributed by atoms with Crippen molar-refractivity contribution in [2.75, 3.05) is 13.2 Å². The maximum Gasteiger partial charge on any atom is 0.184 e. The van der Waals surface area contributed by atoms with Crippen LogP contribution < -0.4 is 4.74 Å². The molecule has 0 spiro atoms. The highest BCUT2D eigenvalue weighted by Crippen LogP contribution is 2.28. The van der Waals surface area contributed by atoms with Crippen LogP contribution >= 0.6 is 27.5 Å². The van der Waals surface area contributed by atoms with E-state index in [1.165, 1.54) is 0 Å². The van der Waals surface area contributed by atoms with Crippen molar-refractivity contribution in [2.24, 2.45) is 0 Å². The van der Waals surface area contributed by atoms with Crippen LogP contribution in [0.4, 0.5) is 0 Å². The van der Waals surface area contributed by atoms with Gasteiger partial charge in [-0.2, -0.15) is 0 Å². The second-order valence-electron chi connectivity index (χ2n) is 4.74. The summed E-state index contributed by atoms with van der Waals surface area (Å²) in [4.78, 5) is 0. The van der Waals surface area contributed by atoms with E-state index in [0.29, 0.717) is 18.2 Å². The highest BCUT2D eigenvalue weighted by Gasteiger charge is 2.27. The van der Waals surface area contributed by atoms with Gasteiger partial charge in [0, 0.05) is 15.1 Å². The van der Waals surface area contributed by atoms with E-state index < -0.39 is 0 Å². The van der Waals surface area contributed by atoms with Gasteiger partial charge in [-0.1, -0.05) is 39.7 Å². The number of halogens is 2. The molecule has 1 aliphatic heterocycles. The molecule has 1 aliphatic rings. The van der Waals surface area contributed by atoms with Crippen molar-refractivity contribution >= 4 is 27.5 Å². The van der Waals surface area contributed by atoms with Crippen molar-refractivity contribution in [3.63, 3.8) is 0 Å². The van der Waals surface area contributed by atoms with E-state index in [2.05, 4.69) is 15.9 Å². The van der Waals surface area contributed by atoms with Gasteiger partial charge in [-0.15, -0.1) is 0 Å². The third kappa shape index (κ3) is 3.98. The summed E-state index contributed by atoms with van der Waals surface area (Å²) in [6.07, 6.45) is -0.397. The minimum Gasteiger partial charge on any atom is -0.491 e. The molecule has 0 radical (unpaired) electrons. The zero-order valence-corrected chi connectivity index (χ0v) is 13.5. The van der Waals surface area contributed by atoms with Crippen LogP contribution in [-0.2, 0) is 9.47 Å². The maximum absolute atomic E-state index is 5.84. The average molecular weight is 370 g/mol. The van der Waals surface area contributed by atoms with Gasteiger partial charge in [0.1, 0.15) is 18.5 Å². The molecule has 0 aromatic heterocycles. The van der Waals surface area contributed by atoms with Crippen LogP contribution in [0, 0.1) is 0 Å². The SMILES string of the molecule is Clc1ccc(OC[C@H]2CO[C@@H](c3ccc(Br)cc3)O2)cc1. The van der Waals surface area contributed by atoms with Crippen LogP contribution in [0.15, 0.2) is 53.0 Å². The predicted molar refractivity (Wildman–Crippen MR) is 84.7 cm³/mol. The lowest BCUT2D eigenvalue weighted by Crippen LogP contribution is -2.19. The molecule has 0 unspecified atom stereocenters. The quantitative estimate of drug-likeness (QED) is 0.788. The van der Waals surface area contributed by atoms with Gasteiger partial charge in [0.25, 0.3) is 0 Å². The molecule has 1 saturated heterocycles. The normalized spacial score (nSPS) is 21.4. The molecule has 3 nitrogen and oxygen atoms in total. The van der Waals surface area contributed by atoms with Crippen LogP contribution in [0.25, 0.3) is 0 Å². The van der Waals surface area contributed by atoms with Crippen molar-refractivity contribution < 1.29 is 14.2 Å². The van der Waals surface area contributed by atoms with Gasteiger partial charge in [0.15, 0.2) is 6.29 Å². The fourth-order valence-corrected chi connectivity index (χ4v) is 2.44. The van der Waals surface area contributed by atoms with Gasteiger partial charge in [-0.25, -0.2) is 0 Å². The number of hydrogen-bond donors (Lipinski definition) is 0. The molecule has 0 aliphatic carbocycles. The Morgan fingerprint density at radius 2 is 1.81 bits per heavy atom. The average Bonchev–Trinajstić information content (AvgIpc) is 2.96. The Labute approximate surface area is 136 Å². The Morgan fingerprint density at radius 1 is 1.10 bits per heavy atom. The minimum atomic E-state index is -0.322. The molecule has 2 aromatic rings. The lowest BCUT2D eigenvalue weighted by Gasteiger charge is -2.13. The molecule has 2 aromatic carbocycles. The summed E-state index contributed by atoms with van der Waals surface area (Å²) in [7, 11) is 0. The molecular formula is C16H14BrClO3. The monoisotopic (exact) mass is 368 g/mol. The van der Waals surface area contributed by atoms with E-state index in [9.17, 15) is 0 Å². The zero-order valence-electron chi connectivity index (χ0n) is 11.2. The highest BCUT2D eigenvalue weighted by molar-refractivity contribution is 9.10. The fraction of sp³-hybridized carbons (Fsp3) is 0.250. The van der Waals surface area contributed by atoms with Crippen molar-refractivity contribution in [1.82, 2.24) is 0 Å². The summed E-state index contributed by atoms with van der Waals surface area (Å²) in [5, 5.41) is 0.693. The molecule has 21 heavy (non-hydrogen) atoms. The van der Waals surface area contributed by atoms with E-state index in [0.717, 1.165) is 15.8 Å². The first kappa shape index (κ1) is 14.9. The summed E-state index contributed by atoms with van der Waals surface area (Å²) >= 11 is 9.24. The van der Waals surface area contributed by atoms with Crippen molar-refractivity contribution in [3.8, 4) is 5.75 Å². The Balaban J connectivity index is 1.52. The second kappa shape index (κ2) is 6.79. The van der Waals surface area contributed by atoms with E-state index in [-0.39, 0.29) is 12.4 Å². The molecule has 1 heterocycles. The highest BCUT2D eigenvalue weighted by atomic mass is 79.9. The van der Waals surface area contributed by atoms with E-state index in [1.54, 1.807) is 12.1 Å². The lowest BCUT2D eigenvalue weighted by molar-refractivity contribution is -0.0659.